The maximum absolute atomic E-state index is 6.25. The number of ether oxygens (including phenoxy) is 2. The molecule has 0 N–H and O–H groups in total. The molecule has 94 valence electrons. The van der Waals surface area contributed by atoms with Crippen LogP contribution < -0.4 is 0 Å². The normalized spacial score (nSPS) is 27.9. The summed E-state index contributed by atoms with van der Waals surface area (Å²) in [5.74, 6) is 0. The van der Waals surface area contributed by atoms with E-state index in [-0.39, 0.29) is 12.4 Å². The molecular formula is C13H16Cl2O2. The van der Waals surface area contributed by atoms with Crippen LogP contribution in [0.3, 0.4) is 0 Å². The summed E-state index contributed by atoms with van der Waals surface area (Å²) in [6, 6.07) is 9.80. The van der Waals surface area contributed by atoms with Gasteiger partial charge in [-0.1, -0.05) is 66.9 Å². The molecule has 2 rings (SSSR count). The van der Waals surface area contributed by atoms with Gasteiger partial charge in [0, 0.05) is 0 Å². The highest BCUT2D eigenvalue weighted by Gasteiger charge is 2.43. The van der Waals surface area contributed by atoms with E-state index in [1.807, 2.05) is 30.3 Å². The molecule has 1 heterocycles. The van der Waals surface area contributed by atoms with Gasteiger partial charge in [-0.25, -0.2) is 0 Å². The minimum atomic E-state index is -1.02. The maximum Gasteiger partial charge on any atom is 0.171 e. The van der Waals surface area contributed by atoms with Gasteiger partial charge < -0.3 is 9.47 Å². The summed E-state index contributed by atoms with van der Waals surface area (Å²) in [5.41, 5.74) is 0.988. The van der Waals surface area contributed by atoms with E-state index >= 15 is 0 Å². The lowest BCUT2D eigenvalue weighted by Crippen LogP contribution is -2.41. The Morgan fingerprint density at radius 1 is 1.29 bits per heavy atom. The summed E-state index contributed by atoms with van der Waals surface area (Å²) < 4.78 is 10.3. The van der Waals surface area contributed by atoms with Crippen LogP contribution in [-0.4, -0.2) is 17.2 Å². The smallest absolute Gasteiger partial charge is 0.171 e. The number of rotatable bonds is 3. The van der Waals surface area contributed by atoms with Gasteiger partial charge >= 0.3 is 0 Å². The molecule has 0 saturated carbocycles. The van der Waals surface area contributed by atoms with Crippen molar-refractivity contribution in [2.24, 2.45) is 0 Å². The molecule has 0 aromatic heterocycles. The molecule has 0 radical (unpaired) electrons. The third-order valence-corrected chi connectivity index (χ3v) is 3.37. The van der Waals surface area contributed by atoms with E-state index in [1.165, 1.54) is 0 Å². The summed E-state index contributed by atoms with van der Waals surface area (Å²) in [7, 11) is 0. The monoisotopic (exact) mass is 274 g/mol. The van der Waals surface area contributed by atoms with Crippen LogP contribution >= 0.6 is 23.2 Å². The number of hydrogen-bond acceptors (Lipinski definition) is 2. The molecule has 4 heteroatoms. The highest BCUT2D eigenvalue weighted by Crippen LogP contribution is 2.43. The first kappa shape index (κ1) is 13.2. The zero-order valence-corrected chi connectivity index (χ0v) is 11.2. The lowest BCUT2D eigenvalue weighted by Gasteiger charge is -2.38. The fourth-order valence-corrected chi connectivity index (χ4v) is 2.39. The van der Waals surface area contributed by atoms with Crippen molar-refractivity contribution < 1.29 is 9.47 Å². The second kappa shape index (κ2) is 5.57. The van der Waals surface area contributed by atoms with Crippen molar-refractivity contribution in [1.82, 2.24) is 0 Å². The van der Waals surface area contributed by atoms with Gasteiger partial charge in [-0.3, -0.25) is 0 Å². The average Bonchev–Trinajstić information content (AvgIpc) is 2.33. The van der Waals surface area contributed by atoms with Gasteiger partial charge in [0.1, 0.15) is 6.10 Å². The molecule has 2 nitrogen and oxygen atoms in total. The first-order valence-electron chi connectivity index (χ1n) is 5.83. The summed E-state index contributed by atoms with van der Waals surface area (Å²) in [6.07, 6.45) is 1.31. The van der Waals surface area contributed by atoms with Crippen LogP contribution in [0.25, 0.3) is 0 Å². The van der Waals surface area contributed by atoms with Crippen LogP contribution in [0.5, 0.6) is 0 Å². The van der Waals surface area contributed by atoms with E-state index in [0.29, 0.717) is 6.61 Å². The maximum atomic E-state index is 6.25. The third kappa shape index (κ3) is 3.14. The van der Waals surface area contributed by atoms with Crippen molar-refractivity contribution in [1.29, 1.82) is 0 Å². The van der Waals surface area contributed by atoms with E-state index in [4.69, 9.17) is 32.7 Å². The van der Waals surface area contributed by atoms with Gasteiger partial charge in [-0.2, -0.15) is 0 Å². The summed E-state index contributed by atoms with van der Waals surface area (Å²) in [6.45, 7) is 2.38. The molecule has 0 unspecified atom stereocenters. The summed E-state index contributed by atoms with van der Waals surface area (Å²) in [4.78, 5) is 0. The minimum absolute atomic E-state index is 0.212. The highest BCUT2D eigenvalue weighted by atomic mass is 35.5. The summed E-state index contributed by atoms with van der Waals surface area (Å²) in [5, 5.41) is 0. The molecule has 0 amide bonds. The highest BCUT2D eigenvalue weighted by molar-refractivity contribution is 6.49. The molecule has 0 bridgehead atoms. The Morgan fingerprint density at radius 2 is 2.00 bits per heavy atom. The minimum Gasteiger partial charge on any atom is -0.349 e. The zero-order valence-electron chi connectivity index (χ0n) is 9.74. The standard InChI is InChI=1S/C13H16Cl2O2/c1-2-6-11-16-9-13(14,15)12(17-11)10-7-4-3-5-8-10/h3-5,7-8,11-12H,2,6,9H2,1H3/t11-,12-/m1/s1. The number of halogens is 2. The van der Waals surface area contributed by atoms with E-state index in [2.05, 4.69) is 6.92 Å². The van der Waals surface area contributed by atoms with Gasteiger partial charge in [0.15, 0.2) is 10.6 Å². The van der Waals surface area contributed by atoms with Gasteiger partial charge in [0.05, 0.1) is 6.61 Å². The Kier molecular flexibility index (Phi) is 4.31. The lowest BCUT2D eigenvalue weighted by atomic mass is 10.1. The predicted molar refractivity (Wildman–Crippen MR) is 69.4 cm³/mol. The van der Waals surface area contributed by atoms with Crippen molar-refractivity contribution in [2.75, 3.05) is 6.61 Å². The van der Waals surface area contributed by atoms with E-state index in [1.54, 1.807) is 0 Å². The summed E-state index contributed by atoms with van der Waals surface area (Å²) >= 11 is 12.5. The van der Waals surface area contributed by atoms with Gasteiger partial charge in [-0.15, -0.1) is 0 Å². The number of benzene rings is 1. The Balaban J connectivity index is 2.16. The molecule has 0 aliphatic carbocycles. The molecule has 1 saturated heterocycles. The molecule has 0 spiro atoms. The molecular weight excluding hydrogens is 259 g/mol. The Labute approximate surface area is 112 Å². The lowest BCUT2D eigenvalue weighted by molar-refractivity contribution is -0.221. The topological polar surface area (TPSA) is 18.5 Å². The molecule has 1 aliphatic heterocycles. The average molecular weight is 275 g/mol. The van der Waals surface area contributed by atoms with E-state index in [9.17, 15) is 0 Å². The van der Waals surface area contributed by atoms with Crippen molar-refractivity contribution in [3.8, 4) is 0 Å². The van der Waals surface area contributed by atoms with Gasteiger partial charge in [-0.05, 0) is 12.0 Å². The van der Waals surface area contributed by atoms with E-state index < -0.39 is 4.33 Å². The zero-order chi connectivity index (χ0) is 12.3. The Hall–Kier alpha value is -0.280. The Morgan fingerprint density at radius 3 is 2.65 bits per heavy atom. The van der Waals surface area contributed by atoms with Gasteiger partial charge in [0.2, 0.25) is 0 Å². The van der Waals surface area contributed by atoms with Crippen molar-refractivity contribution in [3.63, 3.8) is 0 Å². The number of hydrogen-bond donors (Lipinski definition) is 0. The third-order valence-electron chi connectivity index (χ3n) is 2.76. The SMILES string of the molecule is CCC[C@@H]1OCC(Cl)(Cl)[C@@H](c2ccccc2)O1. The van der Waals surface area contributed by atoms with Crippen LogP contribution in [0, 0.1) is 0 Å². The molecule has 1 fully saturated rings. The van der Waals surface area contributed by atoms with Crippen LogP contribution in [0.1, 0.15) is 31.4 Å². The van der Waals surface area contributed by atoms with Crippen molar-refractivity contribution in [2.45, 2.75) is 36.5 Å². The fourth-order valence-electron chi connectivity index (χ4n) is 1.91. The molecule has 2 atom stereocenters. The van der Waals surface area contributed by atoms with Crippen LogP contribution in [-0.2, 0) is 9.47 Å². The predicted octanol–water partition coefficient (Wildman–Crippen LogP) is 4.07. The van der Waals surface area contributed by atoms with Crippen LogP contribution in [0.15, 0.2) is 30.3 Å². The number of alkyl halides is 2. The quantitative estimate of drug-likeness (QED) is 0.774. The molecule has 1 aromatic carbocycles. The van der Waals surface area contributed by atoms with E-state index in [0.717, 1.165) is 18.4 Å². The first-order chi connectivity index (χ1) is 8.13. The van der Waals surface area contributed by atoms with Crippen LogP contribution in [0.2, 0.25) is 0 Å². The largest absolute Gasteiger partial charge is 0.349 e. The molecule has 1 aliphatic rings. The van der Waals surface area contributed by atoms with Gasteiger partial charge in [0.25, 0.3) is 0 Å². The second-order valence-electron chi connectivity index (χ2n) is 4.22. The van der Waals surface area contributed by atoms with Crippen LogP contribution in [0.4, 0.5) is 0 Å². The Bertz CT molecular complexity index is 354. The second-order valence-corrected chi connectivity index (χ2v) is 5.76. The fraction of sp³-hybridized carbons (Fsp3) is 0.538. The van der Waals surface area contributed by atoms with Crippen molar-refractivity contribution in [3.05, 3.63) is 35.9 Å². The van der Waals surface area contributed by atoms with Crippen molar-refractivity contribution >= 4 is 23.2 Å². The first-order valence-corrected chi connectivity index (χ1v) is 6.59. The molecule has 1 aromatic rings. The molecule has 17 heavy (non-hydrogen) atoms.